The molecule has 1 aromatic heterocycles. The molecule has 1 fully saturated rings. The van der Waals surface area contributed by atoms with Crippen molar-refractivity contribution in [3.8, 4) is 0 Å². The summed E-state index contributed by atoms with van der Waals surface area (Å²) in [5.74, 6) is 0.0167. The fraction of sp³-hybridized carbons (Fsp3) is 0.333. The molecule has 1 aliphatic carbocycles. The molecule has 2 nitrogen and oxygen atoms in total. The first kappa shape index (κ1) is 15.6. The van der Waals surface area contributed by atoms with Gasteiger partial charge in [-0.05, 0) is 49.2 Å². The molecule has 4 heteroatoms. The van der Waals surface area contributed by atoms with Crippen LogP contribution in [0.2, 0.25) is 5.02 Å². The van der Waals surface area contributed by atoms with Crippen LogP contribution in [0.15, 0.2) is 47.6 Å². The summed E-state index contributed by atoms with van der Waals surface area (Å²) in [7, 11) is 0. The first-order valence-electron chi connectivity index (χ1n) is 7.66. The normalized spacial score (nSPS) is 15.7. The van der Waals surface area contributed by atoms with Gasteiger partial charge >= 0.3 is 0 Å². The van der Waals surface area contributed by atoms with Crippen LogP contribution >= 0.6 is 23.4 Å². The number of benzene rings is 1. The third-order valence-corrected chi connectivity index (χ3v) is 5.56. The van der Waals surface area contributed by atoms with E-state index in [-0.39, 0.29) is 5.78 Å². The molecule has 0 unspecified atom stereocenters. The second-order valence-corrected chi connectivity index (χ2v) is 7.30. The molecule has 0 radical (unpaired) electrons. The largest absolute Gasteiger partial charge is 0.289 e. The van der Waals surface area contributed by atoms with Gasteiger partial charge in [-0.2, -0.15) is 0 Å². The molecule has 0 amide bonds. The fourth-order valence-electron chi connectivity index (χ4n) is 2.76. The summed E-state index contributed by atoms with van der Waals surface area (Å²) >= 11 is 7.65. The number of aromatic nitrogens is 1. The number of halogens is 1. The molecule has 1 heterocycles. The van der Waals surface area contributed by atoms with Crippen LogP contribution in [0.4, 0.5) is 0 Å². The lowest BCUT2D eigenvalue weighted by Crippen LogP contribution is -2.10. The highest BCUT2D eigenvalue weighted by molar-refractivity contribution is 7.99. The molecule has 3 rings (SSSR count). The predicted molar refractivity (Wildman–Crippen MR) is 91.9 cm³/mol. The van der Waals surface area contributed by atoms with Gasteiger partial charge in [-0.15, -0.1) is 11.8 Å². The van der Waals surface area contributed by atoms with Gasteiger partial charge in [-0.25, -0.2) is 4.98 Å². The summed E-state index contributed by atoms with van der Waals surface area (Å²) in [6, 6.07) is 10.7. The molecule has 0 aliphatic heterocycles. The molecule has 0 N–H and O–H groups in total. The van der Waals surface area contributed by atoms with E-state index in [9.17, 15) is 4.79 Å². The molecule has 1 aromatic carbocycles. The maximum Gasteiger partial charge on any atom is 0.195 e. The molecule has 22 heavy (non-hydrogen) atoms. The Balaban J connectivity index is 1.83. The van der Waals surface area contributed by atoms with Crippen LogP contribution in [-0.2, 0) is 0 Å². The van der Waals surface area contributed by atoms with Crippen molar-refractivity contribution in [2.75, 3.05) is 0 Å². The van der Waals surface area contributed by atoms with Crippen LogP contribution in [-0.4, -0.2) is 16.0 Å². The molecular weight excluding hydrogens is 314 g/mol. The monoisotopic (exact) mass is 331 g/mol. The Morgan fingerprint density at radius 3 is 2.55 bits per heavy atom. The van der Waals surface area contributed by atoms with Crippen LogP contribution in [0.25, 0.3) is 0 Å². The van der Waals surface area contributed by atoms with E-state index in [1.54, 1.807) is 42.2 Å². The number of hydrogen-bond acceptors (Lipinski definition) is 3. The Labute approximate surface area is 140 Å². The number of rotatable bonds is 4. The Kier molecular flexibility index (Phi) is 5.16. The van der Waals surface area contributed by atoms with Crippen LogP contribution < -0.4 is 0 Å². The van der Waals surface area contributed by atoms with E-state index in [0.717, 1.165) is 5.03 Å². The highest BCUT2D eigenvalue weighted by atomic mass is 35.5. The molecule has 1 aliphatic rings. The first-order valence-corrected chi connectivity index (χ1v) is 8.92. The number of carbonyl (C=O) groups excluding carboxylic acids is 1. The second kappa shape index (κ2) is 7.30. The maximum absolute atomic E-state index is 12.7. The van der Waals surface area contributed by atoms with Crippen molar-refractivity contribution in [2.24, 2.45) is 0 Å². The topological polar surface area (TPSA) is 30.0 Å². The number of nitrogens with zero attached hydrogens (tertiary/aromatic N) is 1. The minimum atomic E-state index is 0.0167. The minimum Gasteiger partial charge on any atom is -0.289 e. The number of ketones is 1. The molecule has 0 atom stereocenters. The van der Waals surface area contributed by atoms with Crippen LogP contribution in [0.5, 0.6) is 0 Å². The minimum absolute atomic E-state index is 0.0167. The van der Waals surface area contributed by atoms with Crippen LogP contribution in [0, 0.1) is 0 Å². The van der Waals surface area contributed by atoms with Gasteiger partial charge in [0.2, 0.25) is 0 Å². The Bertz CT molecular complexity index is 650. The van der Waals surface area contributed by atoms with Crippen molar-refractivity contribution in [1.29, 1.82) is 0 Å². The van der Waals surface area contributed by atoms with Gasteiger partial charge in [0, 0.05) is 22.0 Å². The fourth-order valence-corrected chi connectivity index (χ4v) is 4.18. The zero-order valence-corrected chi connectivity index (χ0v) is 13.9. The molecule has 0 saturated heterocycles. The summed E-state index contributed by atoms with van der Waals surface area (Å²) in [6.07, 6.45) is 8.10. The zero-order valence-electron chi connectivity index (χ0n) is 12.3. The number of pyridine rings is 1. The summed E-state index contributed by atoms with van der Waals surface area (Å²) in [4.78, 5) is 17.2. The third-order valence-electron chi connectivity index (χ3n) is 3.95. The van der Waals surface area contributed by atoms with Gasteiger partial charge < -0.3 is 0 Å². The molecule has 2 aromatic rings. The molecule has 114 valence electrons. The lowest BCUT2D eigenvalue weighted by molar-refractivity contribution is 0.103. The van der Waals surface area contributed by atoms with Gasteiger partial charge in [-0.1, -0.05) is 30.9 Å². The van der Waals surface area contributed by atoms with Gasteiger partial charge in [-0.3, -0.25) is 4.79 Å². The lowest BCUT2D eigenvalue weighted by atomic mass is 10.0. The van der Waals surface area contributed by atoms with Crippen LogP contribution in [0.1, 0.15) is 48.0 Å². The zero-order chi connectivity index (χ0) is 15.4. The smallest absolute Gasteiger partial charge is 0.195 e. The van der Waals surface area contributed by atoms with Crippen LogP contribution in [0.3, 0.4) is 0 Å². The molecule has 1 saturated carbocycles. The van der Waals surface area contributed by atoms with Crippen molar-refractivity contribution < 1.29 is 4.79 Å². The summed E-state index contributed by atoms with van der Waals surface area (Å²) in [6.45, 7) is 0. The highest BCUT2D eigenvalue weighted by Gasteiger charge is 2.20. The number of carbonyl (C=O) groups is 1. The second-order valence-electron chi connectivity index (χ2n) is 5.57. The van der Waals surface area contributed by atoms with Gasteiger partial charge in [0.25, 0.3) is 0 Å². The van der Waals surface area contributed by atoms with Gasteiger partial charge in [0.15, 0.2) is 5.78 Å². The van der Waals surface area contributed by atoms with E-state index in [1.165, 1.54) is 32.1 Å². The summed E-state index contributed by atoms with van der Waals surface area (Å²) in [5.41, 5.74) is 1.35. The quantitative estimate of drug-likeness (QED) is 0.703. The molecular formula is C18H18ClNOS. The predicted octanol–water partition coefficient (Wildman–Crippen LogP) is 5.39. The molecule has 0 spiro atoms. The van der Waals surface area contributed by atoms with Gasteiger partial charge in [0.05, 0.1) is 5.56 Å². The van der Waals surface area contributed by atoms with E-state index < -0.39 is 0 Å². The van der Waals surface area contributed by atoms with Crippen molar-refractivity contribution in [1.82, 2.24) is 4.98 Å². The van der Waals surface area contributed by atoms with Crippen molar-refractivity contribution in [2.45, 2.75) is 42.4 Å². The Hall–Kier alpha value is -1.32. The van der Waals surface area contributed by atoms with Crippen molar-refractivity contribution in [3.05, 3.63) is 58.7 Å². The van der Waals surface area contributed by atoms with E-state index in [2.05, 4.69) is 4.98 Å². The Morgan fingerprint density at radius 1 is 1.09 bits per heavy atom. The SMILES string of the molecule is O=C(c1ccc(Cl)cc1)c1cccnc1SC1CCCCC1. The van der Waals surface area contributed by atoms with Gasteiger partial charge in [0.1, 0.15) is 5.03 Å². The average molecular weight is 332 g/mol. The summed E-state index contributed by atoms with van der Waals surface area (Å²) in [5, 5.41) is 2.08. The van der Waals surface area contributed by atoms with Crippen molar-refractivity contribution >= 4 is 29.1 Å². The van der Waals surface area contributed by atoms with E-state index >= 15 is 0 Å². The van der Waals surface area contributed by atoms with E-state index in [1.807, 2.05) is 12.1 Å². The summed E-state index contributed by atoms with van der Waals surface area (Å²) < 4.78 is 0. The standard InChI is InChI=1S/C18H18ClNOS/c19-14-10-8-13(9-11-14)17(21)16-7-4-12-20-18(16)22-15-5-2-1-3-6-15/h4,7-12,15H,1-3,5-6H2. The maximum atomic E-state index is 12.7. The Morgan fingerprint density at radius 2 is 1.82 bits per heavy atom. The van der Waals surface area contributed by atoms with E-state index in [4.69, 9.17) is 11.6 Å². The van der Waals surface area contributed by atoms with Crippen molar-refractivity contribution in [3.63, 3.8) is 0 Å². The number of thioether (sulfide) groups is 1. The lowest BCUT2D eigenvalue weighted by Gasteiger charge is -2.21. The number of hydrogen-bond donors (Lipinski definition) is 0. The third kappa shape index (κ3) is 3.71. The molecule has 0 bridgehead atoms. The highest BCUT2D eigenvalue weighted by Crippen LogP contribution is 2.34. The van der Waals surface area contributed by atoms with E-state index in [0.29, 0.717) is 21.4 Å². The average Bonchev–Trinajstić information content (AvgIpc) is 2.56. The first-order chi connectivity index (χ1) is 10.7.